The minimum absolute atomic E-state index is 0.0274. The van der Waals surface area contributed by atoms with E-state index >= 15 is 0 Å². The normalized spacial score (nSPS) is 15.1. The molecule has 66 heavy (non-hydrogen) atoms. The fourth-order valence-corrected chi connectivity index (χ4v) is 16.5. The summed E-state index contributed by atoms with van der Waals surface area (Å²) in [6.07, 6.45) is 8.94. The van der Waals surface area contributed by atoms with Gasteiger partial charge in [-0.05, 0) is 130 Å². The molecule has 10 aromatic carbocycles. The molecule has 2 aliphatic rings. The first-order chi connectivity index (χ1) is 32.7. The zero-order valence-electron chi connectivity index (χ0n) is 36.6. The lowest BCUT2D eigenvalue weighted by molar-refractivity contribution is 0.790. The predicted octanol–water partition coefficient (Wildman–Crippen LogP) is 18.0. The second kappa shape index (κ2) is 15.7. The Morgan fingerprint density at radius 1 is 0.515 bits per heavy atom. The number of anilines is 3. The molecule has 2 heterocycles. The SMILES string of the molecule is Cc1cccc2c1N(c1ccc(-c3c4ccccc4c(S(c4ccccc4)(c4ccccc4)c4ccc5sc6ccccc6c5c4)c4ccccc34)c3ccccc13)C(C1=CC=CCC1)N2. The zero-order chi connectivity index (χ0) is 43.8. The van der Waals surface area contributed by atoms with Gasteiger partial charge in [-0.15, -0.1) is 21.4 Å². The molecule has 1 N–H and O–H groups in total. The van der Waals surface area contributed by atoms with Crippen molar-refractivity contribution < 1.29 is 0 Å². The average Bonchev–Trinajstić information content (AvgIpc) is 3.97. The Kier molecular flexibility index (Phi) is 9.26. The molecule has 0 fully saturated rings. The molecule has 13 rings (SSSR count). The van der Waals surface area contributed by atoms with Crippen molar-refractivity contribution in [1.82, 2.24) is 0 Å². The summed E-state index contributed by atoms with van der Waals surface area (Å²) in [5.41, 5.74) is 8.85. The Morgan fingerprint density at radius 2 is 1.12 bits per heavy atom. The van der Waals surface area contributed by atoms with E-state index in [0.717, 1.165) is 12.8 Å². The smallest absolute Gasteiger partial charge is 0.126 e. The van der Waals surface area contributed by atoms with Crippen molar-refractivity contribution in [2.45, 2.75) is 45.5 Å². The summed E-state index contributed by atoms with van der Waals surface area (Å²) in [6.45, 7) is 2.25. The van der Waals surface area contributed by atoms with E-state index in [1.807, 2.05) is 11.3 Å². The number of fused-ring (bicyclic) bond motifs is 7. The minimum Gasteiger partial charge on any atom is -0.360 e. The van der Waals surface area contributed by atoms with Crippen molar-refractivity contribution in [2.75, 3.05) is 10.2 Å². The molecule has 1 aliphatic heterocycles. The van der Waals surface area contributed by atoms with E-state index < -0.39 is 10.0 Å². The van der Waals surface area contributed by atoms with Gasteiger partial charge in [-0.25, -0.2) is 0 Å². The van der Waals surface area contributed by atoms with E-state index in [-0.39, 0.29) is 6.17 Å². The summed E-state index contributed by atoms with van der Waals surface area (Å²) in [5.74, 6) is 0. The maximum absolute atomic E-state index is 3.96. The third kappa shape index (κ3) is 5.88. The Morgan fingerprint density at radius 3 is 1.80 bits per heavy atom. The summed E-state index contributed by atoms with van der Waals surface area (Å²) in [5, 5.41) is 14.2. The van der Waals surface area contributed by atoms with Gasteiger partial charge in [0, 0.05) is 45.1 Å². The van der Waals surface area contributed by atoms with Gasteiger partial charge in [0.25, 0.3) is 0 Å². The molecule has 1 unspecified atom stereocenters. The van der Waals surface area contributed by atoms with Crippen LogP contribution in [0.4, 0.5) is 17.1 Å². The molecule has 4 heteroatoms. The van der Waals surface area contributed by atoms with E-state index in [4.69, 9.17) is 0 Å². The number of para-hydroxylation sites is 1. The molecule has 11 aromatic rings. The van der Waals surface area contributed by atoms with Gasteiger partial charge in [-0.3, -0.25) is 0 Å². The highest BCUT2D eigenvalue weighted by Crippen LogP contribution is 2.76. The summed E-state index contributed by atoms with van der Waals surface area (Å²) in [7, 11) is -2.13. The number of nitrogens with zero attached hydrogens (tertiary/aromatic N) is 1. The first-order valence-corrected chi connectivity index (χ1v) is 25.4. The van der Waals surface area contributed by atoms with Crippen LogP contribution in [0.5, 0.6) is 0 Å². The molecule has 0 saturated carbocycles. The number of allylic oxidation sites excluding steroid dienone is 3. The van der Waals surface area contributed by atoms with Gasteiger partial charge >= 0.3 is 0 Å². The first kappa shape index (κ1) is 39.0. The van der Waals surface area contributed by atoms with Crippen LogP contribution in [0.3, 0.4) is 0 Å². The average molecular weight is 883 g/mol. The maximum Gasteiger partial charge on any atom is 0.126 e. The van der Waals surface area contributed by atoms with Gasteiger partial charge < -0.3 is 10.2 Å². The van der Waals surface area contributed by atoms with Crippen molar-refractivity contribution in [3.05, 3.63) is 236 Å². The molecule has 316 valence electrons. The zero-order valence-corrected chi connectivity index (χ0v) is 38.3. The number of benzene rings is 10. The van der Waals surface area contributed by atoms with Gasteiger partial charge in [0.1, 0.15) is 6.17 Å². The summed E-state index contributed by atoms with van der Waals surface area (Å²) in [6, 6.07) is 78.1. The van der Waals surface area contributed by atoms with E-state index in [1.54, 1.807) is 0 Å². The van der Waals surface area contributed by atoms with Crippen molar-refractivity contribution in [3.8, 4) is 11.1 Å². The maximum atomic E-state index is 3.96. The molecule has 2 nitrogen and oxygen atoms in total. The second-order valence-electron chi connectivity index (χ2n) is 17.6. The molecular weight excluding hydrogens is 837 g/mol. The minimum atomic E-state index is -2.13. The van der Waals surface area contributed by atoms with Crippen LogP contribution in [0.15, 0.2) is 250 Å². The lowest BCUT2D eigenvalue weighted by Gasteiger charge is -2.44. The van der Waals surface area contributed by atoms with Gasteiger partial charge in [0.2, 0.25) is 0 Å². The van der Waals surface area contributed by atoms with E-state index in [1.165, 1.54) is 111 Å². The van der Waals surface area contributed by atoms with Crippen molar-refractivity contribution >= 4 is 90.9 Å². The molecule has 1 aromatic heterocycles. The lowest BCUT2D eigenvalue weighted by Crippen LogP contribution is -2.34. The van der Waals surface area contributed by atoms with Crippen molar-refractivity contribution in [1.29, 1.82) is 0 Å². The Balaban J connectivity index is 1.12. The first-order valence-electron chi connectivity index (χ1n) is 23.0. The number of hydrogen-bond acceptors (Lipinski definition) is 3. The highest BCUT2D eigenvalue weighted by Gasteiger charge is 2.38. The number of aryl methyl sites for hydroxylation is 1. The van der Waals surface area contributed by atoms with Gasteiger partial charge in [0.15, 0.2) is 0 Å². The number of rotatable bonds is 7. The lowest BCUT2D eigenvalue weighted by atomic mass is 9.88. The summed E-state index contributed by atoms with van der Waals surface area (Å²) >= 11 is 1.88. The quantitative estimate of drug-likeness (QED) is 0.160. The second-order valence-corrected chi connectivity index (χ2v) is 21.7. The third-order valence-corrected chi connectivity index (χ3v) is 19.1. The van der Waals surface area contributed by atoms with Crippen LogP contribution < -0.4 is 10.2 Å². The van der Waals surface area contributed by atoms with Crippen LogP contribution in [0, 0.1) is 6.92 Å². The molecule has 0 saturated heterocycles. The Bertz CT molecular complexity index is 3670. The monoisotopic (exact) mass is 882 g/mol. The molecule has 0 spiro atoms. The van der Waals surface area contributed by atoms with Crippen LogP contribution in [0.1, 0.15) is 18.4 Å². The summed E-state index contributed by atoms with van der Waals surface area (Å²) in [4.78, 5) is 7.93. The van der Waals surface area contributed by atoms with Crippen LogP contribution in [0.25, 0.3) is 63.6 Å². The standard InChI is InChI=1S/C62H46N2S2/c1-41-20-19-34-55-60(41)64(62(63-55)42-21-5-2-6-22-42)56-38-37-51(46-27-11-12-28-47(46)56)59-49-30-13-15-32-52(49)61(53-33-16-14-31-50(53)59)66(43-23-7-3-8-24-43,44-25-9-4-10-26-44)45-36-39-58-54(40-45)48-29-17-18-35-57(48)65-58/h2-5,7-21,23-40,62-63H,6,22H2,1H3. The van der Waals surface area contributed by atoms with Gasteiger partial charge in [-0.2, -0.15) is 0 Å². The fraction of sp³-hybridized carbons (Fsp3) is 0.0645. The fourth-order valence-electron chi connectivity index (χ4n) is 11.1. The van der Waals surface area contributed by atoms with Crippen LogP contribution in [0.2, 0.25) is 0 Å². The van der Waals surface area contributed by atoms with Crippen LogP contribution in [-0.4, -0.2) is 6.17 Å². The van der Waals surface area contributed by atoms with Crippen molar-refractivity contribution in [3.63, 3.8) is 0 Å². The van der Waals surface area contributed by atoms with Crippen LogP contribution >= 0.6 is 21.4 Å². The Labute approximate surface area is 391 Å². The van der Waals surface area contributed by atoms with Crippen molar-refractivity contribution in [2.24, 2.45) is 0 Å². The topological polar surface area (TPSA) is 15.3 Å². The van der Waals surface area contributed by atoms with Crippen LogP contribution in [-0.2, 0) is 0 Å². The van der Waals surface area contributed by atoms with E-state index in [2.05, 4.69) is 242 Å². The molecule has 1 atom stereocenters. The number of hydrogen-bond donors (Lipinski definition) is 1. The molecule has 0 amide bonds. The summed E-state index contributed by atoms with van der Waals surface area (Å²) < 4.78 is 2.64. The van der Waals surface area contributed by atoms with Gasteiger partial charge in [-0.1, -0.05) is 164 Å². The predicted molar refractivity (Wildman–Crippen MR) is 284 cm³/mol. The van der Waals surface area contributed by atoms with E-state index in [9.17, 15) is 0 Å². The molecule has 1 aliphatic carbocycles. The molecular formula is C62H46N2S2. The number of nitrogens with one attached hydrogen (secondary N) is 1. The Hall–Kier alpha value is -7.37. The third-order valence-electron chi connectivity index (χ3n) is 13.9. The van der Waals surface area contributed by atoms with E-state index in [0.29, 0.717) is 0 Å². The molecule has 0 bridgehead atoms. The van der Waals surface area contributed by atoms with Gasteiger partial charge in [0.05, 0.1) is 17.1 Å². The highest BCUT2D eigenvalue weighted by atomic mass is 32.3. The number of thiophene rings is 1. The highest BCUT2D eigenvalue weighted by molar-refractivity contribution is 8.34. The molecule has 0 radical (unpaired) electrons. The largest absolute Gasteiger partial charge is 0.360 e.